The lowest BCUT2D eigenvalue weighted by atomic mass is 9.85. The lowest BCUT2D eigenvalue weighted by Crippen LogP contribution is -3.00. The molecule has 0 spiro atoms. The van der Waals surface area contributed by atoms with Gasteiger partial charge in [0.15, 0.2) is 0 Å². The molecule has 0 aromatic heterocycles. The summed E-state index contributed by atoms with van der Waals surface area (Å²) >= 11 is 0. The summed E-state index contributed by atoms with van der Waals surface area (Å²) in [7, 11) is 0. The Balaban J connectivity index is 0.000000110. The maximum atomic E-state index is 11.2. The number of halogens is 1. The Morgan fingerprint density at radius 1 is 0.431 bits per heavy atom. The molecule has 0 saturated heterocycles. The zero-order valence-electron chi connectivity index (χ0n) is 42.3. The number of ether oxygens (including phenoxy) is 1. The van der Waals surface area contributed by atoms with E-state index in [0.29, 0.717) is 23.7 Å². The first-order valence-corrected chi connectivity index (χ1v) is 28.1. The van der Waals surface area contributed by atoms with Crippen LogP contribution in [0.15, 0.2) is 36.4 Å². The van der Waals surface area contributed by atoms with Gasteiger partial charge in [0.1, 0.15) is 41.8 Å². The number of phenols is 3. The monoisotopic (exact) mass is 986 g/mol. The van der Waals surface area contributed by atoms with Gasteiger partial charge in [-0.15, -0.1) is 0 Å². The van der Waals surface area contributed by atoms with Crippen LogP contribution in [0.4, 0.5) is 22.7 Å². The zero-order valence-corrected chi connectivity index (χ0v) is 43.1. The molecule has 0 aliphatic carbocycles. The van der Waals surface area contributed by atoms with Crippen LogP contribution in [0.3, 0.4) is 0 Å². The maximum Gasteiger partial charge on any atom is 0.210 e. The molecular weight excluding hydrogens is 914 g/mol. The third-order valence-electron chi connectivity index (χ3n) is 18.4. The van der Waals surface area contributed by atoms with Crippen molar-refractivity contribution in [3.63, 3.8) is 0 Å². The van der Waals surface area contributed by atoms with E-state index in [0.717, 1.165) is 106 Å². The first-order chi connectivity index (χ1) is 34.9. The second-order valence-corrected chi connectivity index (χ2v) is 22.8. The van der Waals surface area contributed by atoms with Gasteiger partial charge in [-0.3, -0.25) is 0 Å². The minimum absolute atomic E-state index is 0. The summed E-state index contributed by atoms with van der Waals surface area (Å²) in [6, 6.07) is 13.3. The smallest absolute Gasteiger partial charge is 0.210 e. The van der Waals surface area contributed by atoms with E-state index < -0.39 is 0 Å². The zero-order chi connectivity index (χ0) is 47.3. The molecule has 0 bridgehead atoms. The van der Waals surface area contributed by atoms with Gasteiger partial charge in [-0.05, 0) is 185 Å². The Hall–Kier alpha value is -5.54. The van der Waals surface area contributed by atoms with Crippen molar-refractivity contribution >= 4 is 28.8 Å². The van der Waals surface area contributed by atoms with Gasteiger partial charge in [0.2, 0.25) is 5.36 Å². The number of aryl methyl sites for hydroxylation is 5. The van der Waals surface area contributed by atoms with Crippen LogP contribution in [-0.4, -0.2) is 80.8 Å². The highest BCUT2D eigenvalue weighted by molar-refractivity contribution is 5.77. The van der Waals surface area contributed by atoms with E-state index in [9.17, 15) is 15.3 Å². The molecule has 5 aromatic rings. The number of hydrogen-bond acceptors (Lipinski definition) is 8. The molecule has 376 valence electrons. The Morgan fingerprint density at radius 2 is 0.875 bits per heavy atom. The second-order valence-electron chi connectivity index (χ2n) is 22.8. The van der Waals surface area contributed by atoms with Gasteiger partial charge in [0, 0.05) is 133 Å². The number of hydrogen-bond donors (Lipinski definition) is 3. The fourth-order valence-corrected chi connectivity index (χ4v) is 15.5. The van der Waals surface area contributed by atoms with Crippen molar-refractivity contribution in [1.82, 2.24) is 4.58 Å². The van der Waals surface area contributed by atoms with Crippen molar-refractivity contribution in [2.24, 2.45) is 0 Å². The molecule has 11 aliphatic heterocycles. The quantitative estimate of drug-likeness (QED) is 0.186. The van der Waals surface area contributed by atoms with Crippen LogP contribution in [-0.2, 0) is 70.6 Å². The van der Waals surface area contributed by atoms with Crippen molar-refractivity contribution in [1.29, 1.82) is 0 Å². The number of rotatable bonds is 2. The summed E-state index contributed by atoms with van der Waals surface area (Å²) in [6.07, 6.45) is 26.3. The Kier molecular flexibility index (Phi) is 12.0. The van der Waals surface area contributed by atoms with Crippen molar-refractivity contribution in [3.8, 4) is 28.7 Å². The number of phenolic OH excluding ortho intramolecular Hbond substituents is 3. The van der Waals surface area contributed by atoms with Crippen molar-refractivity contribution in [3.05, 3.63) is 119 Å². The molecule has 0 amide bonds. The van der Waals surface area contributed by atoms with Crippen LogP contribution >= 0.6 is 0 Å². The number of nitrogens with zero attached hydrogens (tertiary/aromatic N) is 5. The van der Waals surface area contributed by atoms with Crippen molar-refractivity contribution < 1.29 is 32.5 Å². The first kappa shape index (κ1) is 46.3. The van der Waals surface area contributed by atoms with E-state index in [1.807, 2.05) is 6.07 Å². The minimum Gasteiger partial charge on any atom is -1.00 e. The average molecular weight is 987 g/mol. The summed E-state index contributed by atoms with van der Waals surface area (Å²) in [4.78, 5) is 10.00. The summed E-state index contributed by atoms with van der Waals surface area (Å²) in [5, 5.41) is 34.9. The molecule has 9 nitrogen and oxygen atoms in total. The van der Waals surface area contributed by atoms with Gasteiger partial charge in [-0.1, -0.05) is 6.07 Å². The van der Waals surface area contributed by atoms with E-state index in [1.54, 1.807) is 11.1 Å². The molecule has 10 heteroatoms. The fraction of sp³-hybridized carbons (Fsp3) is 0.500. The minimum atomic E-state index is 0. The highest BCUT2D eigenvalue weighted by Gasteiger charge is 2.35. The molecule has 72 heavy (non-hydrogen) atoms. The van der Waals surface area contributed by atoms with Gasteiger partial charge in [-0.2, -0.15) is 0 Å². The molecule has 0 fully saturated rings. The summed E-state index contributed by atoms with van der Waals surface area (Å²) in [5.74, 6) is 3.78. The highest BCUT2D eigenvalue weighted by atomic mass is 35.5. The van der Waals surface area contributed by atoms with Gasteiger partial charge < -0.3 is 52.1 Å². The molecule has 0 radical (unpaired) electrons. The molecule has 0 unspecified atom stereocenters. The van der Waals surface area contributed by atoms with E-state index in [2.05, 4.69) is 60.6 Å². The van der Waals surface area contributed by atoms with Crippen LogP contribution < -0.4 is 51.9 Å². The maximum absolute atomic E-state index is 11.2. The normalized spacial score (nSPS) is 19.9. The first-order valence-electron chi connectivity index (χ1n) is 28.1. The van der Waals surface area contributed by atoms with Gasteiger partial charge in [0.05, 0.1) is 5.56 Å². The van der Waals surface area contributed by atoms with Crippen molar-refractivity contribution in [2.75, 3.05) is 85.0 Å². The molecule has 11 aliphatic rings. The number of fused-ring (bicyclic) bond motifs is 4. The Labute approximate surface area is 431 Å². The largest absolute Gasteiger partial charge is 1.00 e. The van der Waals surface area contributed by atoms with E-state index in [-0.39, 0.29) is 12.4 Å². The van der Waals surface area contributed by atoms with E-state index >= 15 is 0 Å². The predicted octanol–water partition coefficient (Wildman–Crippen LogP) is 5.88. The second kappa shape index (κ2) is 18.7. The SMILES string of the molecule is C1=c2cc3c4c(c2Oc2c1cc1c5c2CCCN5CCC1)CCC[N+]=4CCC3.Oc1c(Cc2cc3c4c(c2O)CCCN4CCC3)cc2c3c1CCCN3CCC2.Oc1ccc2c3c1CCCN3CCC2.[Cl-]. The number of anilines is 4. The van der Waals surface area contributed by atoms with Gasteiger partial charge in [0.25, 0.3) is 0 Å². The Morgan fingerprint density at radius 3 is 1.46 bits per heavy atom. The van der Waals surface area contributed by atoms with Crippen LogP contribution in [0.2, 0.25) is 0 Å². The number of benzene rings is 5. The molecule has 5 aromatic carbocycles. The van der Waals surface area contributed by atoms with Crippen LogP contribution in [0, 0.1) is 0 Å². The summed E-state index contributed by atoms with van der Waals surface area (Å²) < 4.78 is 9.45. The van der Waals surface area contributed by atoms with Crippen molar-refractivity contribution in [2.45, 2.75) is 135 Å². The molecule has 11 heterocycles. The van der Waals surface area contributed by atoms with E-state index in [4.69, 9.17) is 4.74 Å². The van der Waals surface area contributed by atoms with Gasteiger partial charge >= 0.3 is 0 Å². The number of aromatic hydroxyl groups is 3. The average Bonchev–Trinajstić information content (AvgIpc) is 3.41. The molecule has 3 N–H and O–H groups in total. The third kappa shape index (κ3) is 7.71. The van der Waals surface area contributed by atoms with Crippen LogP contribution in [0.25, 0.3) is 6.08 Å². The lowest BCUT2D eigenvalue weighted by molar-refractivity contribution is -0.0000171. The Bertz CT molecular complexity index is 3070. The van der Waals surface area contributed by atoms with Crippen LogP contribution in [0.1, 0.15) is 137 Å². The van der Waals surface area contributed by atoms with E-state index in [1.165, 1.54) is 194 Å². The topological polar surface area (TPSA) is 85.9 Å². The summed E-state index contributed by atoms with van der Waals surface area (Å²) in [5.41, 5.74) is 22.6. The molecule has 0 saturated carbocycles. The fourth-order valence-electron chi connectivity index (χ4n) is 15.5. The predicted molar refractivity (Wildman–Crippen MR) is 286 cm³/mol. The molecule has 16 rings (SSSR count). The third-order valence-corrected chi connectivity index (χ3v) is 18.4. The van der Waals surface area contributed by atoms with Crippen LogP contribution in [0.5, 0.6) is 28.7 Å². The molecular formula is C62H72ClN5O4. The lowest BCUT2D eigenvalue weighted by Gasteiger charge is -2.38. The molecule has 0 atom stereocenters. The summed E-state index contributed by atoms with van der Waals surface area (Å²) in [6.45, 7) is 11.7. The standard InChI is InChI=1S/C25H30N2O2.C25H27N2O.C12H15NO.ClH/c28-24-18(13-16-5-1-9-26-11-3-7-20(24)22(16)26)15-19-14-17-6-2-10-27-12-4-8-21(23(17)27)25(19)29;1-5-16-13-18-15-19-14-17-6-2-10-27-12-4-8-21(23(17)27)25(19)28-24(18)20-7-3-11-26(9-1)22(16)20;14-11-6-5-9-3-1-7-13-8-2-4-10(11)12(9)13;/h13-14,28-29H,1-12,15H2;13-15H,1-12H2;5-6,14H,1-4,7-8H2;1H/q;+1;;/p-1. The highest BCUT2D eigenvalue weighted by Crippen LogP contribution is 2.48. The van der Waals surface area contributed by atoms with Gasteiger partial charge in [-0.25, -0.2) is 4.58 Å².